The van der Waals surface area contributed by atoms with Crippen LogP contribution in [0.2, 0.25) is 0 Å². The summed E-state index contributed by atoms with van der Waals surface area (Å²) in [5, 5.41) is 3.14. The molecule has 1 fully saturated rings. The molecule has 0 aliphatic carbocycles. The smallest absolute Gasteiger partial charge is 0.316 e. The normalized spacial score (nSPS) is 24.0. The number of alkyl halides is 3. The molecule has 118 valence electrons. The molecule has 2 N–H and O–H groups in total. The van der Waals surface area contributed by atoms with Crippen molar-refractivity contribution in [1.82, 2.24) is 10.0 Å². The first-order valence-corrected chi connectivity index (χ1v) is 8.09. The Balaban J connectivity index is 2.23. The predicted octanol–water partition coefficient (Wildman–Crippen LogP) is 1.98. The lowest BCUT2D eigenvalue weighted by atomic mass is 9.97. The molecule has 21 heavy (non-hydrogen) atoms. The Labute approximate surface area is 121 Å². The van der Waals surface area contributed by atoms with E-state index in [0.29, 0.717) is 25.6 Å². The SMILES string of the molecule is C[C@@H]1CNCC[C@@H]1NS(=O)(=O)c1cccc(C(F)(F)F)c1. The standard InChI is InChI=1S/C13H17F3N2O2S/c1-9-8-17-6-5-12(9)18-21(19,20)11-4-2-3-10(7-11)13(14,15)16/h2-4,7,9,12,17-18H,5-6,8H2,1H3/t9-,12+/m1/s1. The summed E-state index contributed by atoms with van der Waals surface area (Å²) in [6.07, 6.45) is -3.95. The average molecular weight is 322 g/mol. The van der Waals surface area contributed by atoms with Crippen molar-refractivity contribution < 1.29 is 21.6 Å². The van der Waals surface area contributed by atoms with Crippen LogP contribution in [0.5, 0.6) is 0 Å². The Morgan fingerprint density at radius 3 is 2.67 bits per heavy atom. The molecule has 0 bridgehead atoms. The zero-order valence-corrected chi connectivity index (χ0v) is 12.3. The van der Waals surface area contributed by atoms with Crippen LogP contribution in [0.25, 0.3) is 0 Å². The van der Waals surface area contributed by atoms with Crippen molar-refractivity contribution in [2.45, 2.75) is 30.5 Å². The molecule has 1 aromatic carbocycles. The third-order valence-corrected chi connectivity index (χ3v) is 5.05. The number of rotatable bonds is 3. The molecule has 0 radical (unpaired) electrons. The fourth-order valence-electron chi connectivity index (χ4n) is 2.30. The van der Waals surface area contributed by atoms with Crippen LogP contribution in [-0.4, -0.2) is 27.5 Å². The summed E-state index contributed by atoms with van der Waals surface area (Å²) in [6.45, 7) is 3.25. The van der Waals surface area contributed by atoms with Crippen molar-refractivity contribution in [3.05, 3.63) is 29.8 Å². The third-order valence-electron chi connectivity index (χ3n) is 3.56. The van der Waals surface area contributed by atoms with E-state index in [-0.39, 0.29) is 16.9 Å². The topological polar surface area (TPSA) is 58.2 Å². The molecule has 1 aliphatic heterocycles. The number of piperidine rings is 1. The van der Waals surface area contributed by atoms with Gasteiger partial charge in [0.1, 0.15) is 0 Å². The number of nitrogens with one attached hydrogen (secondary N) is 2. The molecule has 0 aromatic heterocycles. The van der Waals surface area contributed by atoms with Crippen LogP contribution in [0, 0.1) is 5.92 Å². The number of benzene rings is 1. The van der Waals surface area contributed by atoms with Gasteiger partial charge in [-0.05, 0) is 43.6 Å². The summed E-state index contributed by atoms with van der Waals surface area (Å²) in [5.41, 5.74) is -0.969. The summed E-state index contributed by atoms with van der Waals surface area (Å²) in [6, 6.07) is 3.51. The maximum absolute atomic E-state index is 12.7. The molecule has 0 unspecified atom stereocenters. The van der Waals surface area contributed by atoms with Crippen molar-refractivity contribution in [2.75, 3.05) is 13.1 Å². The van der Waals surface area contributed by atoms with E-state index in [1.54, 1.807) is 0 Å². The van der Waals surface area contributed by atoms with Gasteiger partial charge in [-0.3, -0.25) is 0 Å². The van der Waals surface area contributed by atoms with Crippen LogP contribution >= 0.6 is 0 Å². The lowest BCUT2D eigenvalue weighted by Crippen LogP contribution is -2.48. The van der Waals surface area contributed by atoms with Crippen molar-refractivity contribution in [2.24, 2.45) is 5.92 Å². The Kier molecular flexibility index (Phi) is 4.60. The summed E-state index contributed by atoms with van der Waals surface area (Å²) < 4.78 is 64.9. The van der Waals surface area contributed by atoms with E-state index < -0.39 is 21.8 Å². The molecule has 2 rings (SSSR count). The first kappa shape index (κ1) is 16.3. The van der Waals surface area contributed by atoms with Gasteiger partial charge in [-0.2, -0.15) is 13.2 Å². The van der Waals surface area contributed by atoms with Crippen molar-refractivity contribution in [1.29, 1.82) is 0 Å². The Morgan fingerprint density at radius 1 is 1.33 bits per heavy atom. The van der Waals surface area contributed by atoms with Crippen molar-refractivity contribution in [3.8, 4) is 0 Å². The molecular weight excluding hydrogens is 305 g/mol. The summed E-state index contributed by atoms with van der Waals surface area (Å²) >= 11 is 0. The van der Waals surface area contributed by atoms with Gasteiger partial charge in [-0.15, -0.1) is 0 Å². The molecular formula is C13H17F3N2O2S. The molecule has 1 heterocycles. The van der Waals surface area contributed by atoms with Gasteiger partial charge in [0.15, 0.2) is 0 Å². The molecule has 1 aromatic rings. The zero-order chi connectivity index (χ0) is 15.7. The highest BCUT2D eigenvalue weighted by atomic mass is 32.2. The average Bonchev–Trinajstić information content (AvgIpc) is 2.40. The van der Waals surface area contributed by atoms with Gasteiger partial charge < -0.3 is 5.32 Å². The highest BCUT2D eigenvalue weighted by Gasteiger charge is 2.32. The quantitative estimate of drug-likeness (QED) is 0.895. The minimum atomic E-state index is -4.56. The third kappa shape index (κ3) is 3.96. The second-order valence-electron chi connectivity index (χ2n) is 5.22. The van der Waals surface area contributed by atoms with E-state index in [2.05, 4.69) is 10.0 Å². The van der Waals surface area contributed by atoms with E-state index >= 15 is 0 Å². The zero-order valence-electron chi connectivity index (χ0n) is 11.4. The lowest BCUT2D eigenvalue weighted by Gasteiger charge is -2.30. The van der Waals surface area contributed by atoms with E-state index in [1.807, 2.05) is 6.92 Å². The molecule has 2 atom stereocenters. The van der Waals surface area contributed by atoms with Crippen LogP contribution in [0.4, 0.5) is 13.2 Å². The molecule has 4 nitrogen and oxygen atoms in total. The van der Waals surface area contributed by atoms with E-state index in [9.17, 15) is 21.6 Å². The monoisotopic (exact) mass is 322 g/mol. The molecule has 0 saturated carbocycles. The summed E-state index contributed by atoms with van der Waals surface area (Å²) in [4.78, 5) is -0.358. The predicted molar refractivity (Wildman–Crippen MR) is 72.2 cm³/mol. The fourth-order valence-corrected chi connectivity index (χ4v) is 3.72. The maximum Gasteiger partial charge on any atom is 0.416 e. The minimum absolute atomic E-state index is 0.0827. The van der Waals surface area contributed by atoms with Crippen LogP contribution in [0.1, 0.15) is 18.9 Å². The summed E-state index contributed by atoms with van der Waals surface area (Å²) in [7, 11) is -3.95. The fraction of sp³-hybridized carbons (Fsp3) is 0.538. The van der Waals surface area contributed by atoms with Crippen LogP contribution in [-0.2, 0) is 16.2 Å². The van der Waals surface area contributed by atoms with Gasteiger partial charge in [0.25, 0.3) is 0 Å². The van der Waals surface area contributed by atoms with Gasteiger partial charge in [-0.1, -0.05) is 13.0 Å². The molecule has 1 aliphatic rings. The minimum Gasteiger partial charge on any atom is -0.316 e. The van der Waals surface area contributed by atoms with Gasteiger partial charge in [0.05, 0.1) is 10.5 Å². The highest BCUT2D eigenvalue weighted by Crippen LogP contribution is 2.30. The first-order valence-electron chi connectivity index (χ1n) is 6.60. The first-order chi connectivity index (χ1) is 9.70. The largest absolute Gasteiger partial charge is 0.416 e. The van der Waals surface area contributed by atoms with E-state index in [0.717, 1.165) is 12.1 Å². The Hall–Kier alpha value is -1.12. The molecule has 8 heteroatoms. The van der Waals surface area contributed by atoms with Gasteiger partial charge in [0, 0.05) is 6.04 Å². The van der Waals surface area contributed by atoms with Gasteiger partial charge in [0.2, 0.25) is 10.0 Å². The van der Waals surface area contributed by atoms with Gasteiger partial charge in [-0.25, -0.2) is 13.1 Å². The highest BCUT2D eigenvalue weighted by molar-refractivity contribution is 7.89. The lowest BCUT2D eigenvalue weighted by molar-refractivity contribution is -0.137. The van der Waals surface area contributed by atoms with E-state index in [1.165, 1.54) is 6.07 Å². The molecule has 0 amide bonds. The van der Waals surface area contributed by atoms with E-state index in [4.69, 9.17) is 0 Å². The Bertz CT molecular complexity index is 602. The summed E-state index contributed by atoms with van der Waals surface area (Å²) in [5.74, 6) is 0.0827. The Morgan fingerprint density at radius 2 is 2.05 bits per heavy atom. The molecule has 1 saturated heterocycles. The molecule has 0 spiro atoms. The second-order valence-corrected chi connectivity index (χ2v) is 6.94. The number of hydrogen-bond acceptors (Lipinski definition) is 3. The second kappa shape index (κ2) is 5.94. The number of hydrogen-bond donors (Lipinski definition) is 2. The van der Waals surface area contributed by atoms with Gasteiger partial charge >= 0.3 is 6.18 Å². The van der Waals surface area contributed by atoms with Crippen LogP contribution in [0.15, 0.2) is 29.2 Å². The van der Waals surface area contributed by atoms with Crippen LogP contribution < -0.4 is 10.0 Å². The van der Waals surface area contributed by atoms with Crippen LogP contribution in [0.3, 0.4) is 0 Å². The maximum atomic E-state index is 12.7. The number of halogens is 3. The van der Waals surface area contributed by atoms with Crippen molar-refractivity contribution >= 4 is 10.0 Å². The van der Waals surface area contributed by atoms with Crippen molar-refractivity contribution in [3.63, 3.8) is 0 Å². The number of sulfonamides is 1.